The van der Waals surface area contributed by atoms with Gasteiger partial charge in [0.2, 0.25) is 0 Å². The van der Waals surface area contributed by atoms with Crippen molar-refractivity contribution in [2.45, 2.75) is 32.4 Å². The van der Waals surface area contributed by atoms with E-state index in [1.54, 1.807) is 6.07 Å². The van der Waals surface area contributed by atoms with Crippen molar-refractivity contribution in [2.24, 2.45) is 5.73 Å². The molecule has 78 valence electrons. The first-order valence-corrected chi connectivity index (χ1v) is 5.13. The molecular weight excluding hydrogens is 198 g/mol. The molecule has 0 aliphatic heterocycles. The Bertz CT molecular complexity index is 314. The second-order valence-corrected chi connectivity index (χ2v) is 3.95. The Labute approximate surface area is 89.7 Å². The molecule has 2 unspecified atom stereocenters. The summed E-state index contributed by atoms with van der Waals surface area (Å²) < 4.78 is 0. The summed E-state index contributed by atoms with van der Waals surface area (Å²) in [6.07, 6.45) is 0.0539. The van der Waals surface area contributed by atoms with Crippen LogP contribution < -0.4 is 5.73 Å². The van der Waals surface area contributed by atoms with Gasteiger partial charge < -0.3 is 10.8 Å². The van der Waals surface area contributed by atoms with E-state index in [9.17, 15) is 5.11 Å². The molecular formula is C11H16ClNO. The normalized spacial score (nSPS) is 15.2. The van der Waals surface area contributed by atoms with E-state index in [0.717, 1.165) is 17.5 Å². The lowest BCUT2D eigenvalue weighted by atomic mass is 9.99. The molecule has 0 spiro atoms. The van der Waals surface area contributed by atoms with E-state index >= 15 is 0 Å². The van der Waals surface area contributed by atoms with Crippen molar-refractivity contribution in [3.63, 3.8) is 0 Å². The number of nitrogens with two attached hydrogens (primary N) is 1. The topological polar surface area (TPSA) is 46.2 Å². The third kappa shape index (κ3) is 2.47. The second-order valence-electron chi connectivity index (χ2n) is 3.54. The number of aliphatic hydroxyl groups is 1. The largest absolute Gasteiger partial charge is 0.387 e. The van der Waals surface area contributed by atoms with E-state index in [-0.39, 0.29) is 6.04 Å². The Morgan fingerprint density at radius 2 is 2.14 bits per heavy atom. The maximum atomic E-state index is 9.88. The number of aliphatic hydroxyl groups excluding tert-OH is 1. The molecule has 2 nitrogen and oxygen atoms in total. The molecule has 2 atom stereocenters. The van der Waals surface area contributed by atoms with Gasteiger partial charge in [0, 0.05) is 16.6 Å². The number of halogens is 1. The zero-order chi connectivity index (χ0) is 10.7. The first-order chi connectivity index (χ1) is 6.56. The molecule has 1 rings (SSSR count). The number of aryl methyl sites for hydroxylation is 1. The predicted molar refractivity (Wildman–Crippen MR) is 59.4 cm³/mol. The average molecular weight is 214 g/mol. The summed E-state index contributed by atoms with van der Waals surface area (Å²) in [7, 11) is 0. The summed E-state index contributed by atoms with van der Waals surface area (Å²) in [5.74, 6) is 0. The Kier molecular flexibility index (Phi) is 3.93. The van der Waals surface area contributed by atoms with E-state index in [2.05, 4.69) is 0 Å². The molecule has 0 bridgehead atoms. The molecule has 3 heteroatoms. The van der Waals surface area contributed by atoms with Crippen molar-refractivity contribution >= 4 is 11.6 Å². The van der Waals surface area contributed by atoms with Crippen molar-refractivity contribution in [1.29, 1.82) is 0 Å². The monoisotopic (exact) mass is 213 g/mol. The first kappa shape index (κ1) is 11.5. The molecule has 0 aliphatic rings. The van der Waals surface area contributed by atoms with E-state index in [1.165, 1.54) is 0 Å². The van der Waals surface area contributed by atoms with Gasteiger partial charge in [0.1, 0.15) is 0 Å². The van der Waals surface area contributed by atoms with Crippen LogP contribution in [-0.2, 0) is 0 Å². The number of hydrogen-bond donors (Lipinski definition) is 2. The SMILES string of the molecule is CCC(N)C(O)c1cc(C)ccc1Cl. The standard InChI is InChI=1S/C11H16ClNO/c1-3-10(13)11(14)8-6-7(2)4-5-9(8)12/h4-6,10-11,14H,3,13H2,1-2H3. The quantitative estimate of drug-likeness (QED) is 0.810. The molecule has 1 aromatic rings. The van der Waals surface area contributed by atoms with Crippen molar-refractivity contribution < 1.29 is 5.11 Å². The van der Waals surface area contributed by atoms with Crippen LogP contribution in [0, 0.1) is 6.92 Å². The number of rotatable bonds is 3. The lowest BCUT2D eigenvalue weighted by molar-refractivity contribution is 0.144. The molecule has 0 fully saturated rings. The van der Waals surface area contributed by atoms with Crippen LogP contribution in [0.5, 0.6) is 0 Å². The number of hydrogen-bond acceptors (Lipinski definition) is 2. The van der Waals surface area contributed by atoms with E-state index in [1.807, 2.05) is 26.0 Å². The Balaban J connectivity index is 2.99. The van der Waals surface area contributed by atoms with E-state index in [4.69, 9.17) is 17.3 Å². The van der Waals surface area contributed by atoms with E-state index in [0.29, 0.717) is 5.02 Å². The molecule has 0 aliphatic carbocycles. The Morgan fingerprint density at radius 1 is 1.50 bits per heavy atom. The summed E-state index contributed by atoms with van der Waals surface area (Å²) in [5, 5.41) is 10.5. The van der Waals surface area contributed by atoms with Crippen LogP contribution in [0.1, 0.15) is 30.6 Å². The highest BCUT2D eigenvalue weighted by Gasteiger charge is 2.17. The van der Waals surface area contributed by atoms with Crippen LogP contribution in [0.3, 0.4) is 0 Å². The van der Waals surface area contributed by atoms with Crippen molar-refractivity contribution in [1.82, 2.24) is 0 Å². The van der Waals surface area contributed by atoms with Gasteiger partial charge in [0.25, 0.3) is 0 Å². The zero-order valence-electron chi connectivity index (χ0n) is 8.50. The predicted octanol–water partition coefficient (Wildman–Crippen LogP) is 2.42. The summed E-state index contributed by atoms with van der Waals surface area (Å²) in [6, 6.07) is 5.32. The Hall–Kier alpha value is -0.570. The van der Waals surface area contributed by atoms with Gasteiger partial charge in [-0.25, -0.2) is 0 Å². The molecule has 0 heterocycles. The smallest absolute Gasteiger partial charge is 0.0955 e. The van der Waals surface area contributed by atoms with Crippen LogP contribution in [0.4, 0.5) is 0 Å². The van der Waals surface area contributed by atoms with Gasteiger partial charge in [-0.05, 0) is 19.4 Å². The maximum absolute atomic E-state index is 9.88. The molecule has 1 aromatic carbocycles. The fourth-order valence-electron chi connectivity index (χ4n) is 1.34. The van der Waals surface area contributed by atoms with E-state index < -0.39 is 6.10 Å². The van der Waals surface area contributed by atoms with Crippen molar-refractivity contribution in [3.8, 4) is 0 Å². The highest BCUT2D eigenvalue weighted by atomic mass is 35.5. The fourth-order valence-corrected chi connectivity index (χ4v) is 1.57. The lowest BCUT2D eigenvalue weighted by Gasteiger charge is -2.19. The van der Waals surface area contributed by atoms with Crippen LogP contribution >= 0.6 is 11.6 Å². The molecule has 3 N–H and O–H groups in total. The Morgan fingerprint density at radius 3 is 2.71 bits per heavy atom. The van der Waals surface area contributed by atoms with Crippen molar-refractivity contribution in [2.75, 3.05) is 0 Å². The van der Waals surface area contributed by atoms with Gasteiger partial charge >= 0.3 is 0 Å². The van der Waals surface area contributed by atoms with Gasteiger partial charge in [-0.15, -0.1) is 0 Å². The van der Waals surface area contributed by atoms with Crippen LogP contribution in [-0.4, -0.2) is 11.1 Å². The average Bonchev–Trinajstić information content (AvgIpc) is 2.19. The van der Waals surface area contributed by atoms with Crippen LogP contribution in [0.25, 0.3) is 0 Å². The van der Waals surface area contributed by atoms with Gasteiger partial charge in [0.05, 0.1) is 6.10 Å². The minimum Gasteiger partial charge on any atom is -0.387 e. The summed E-state index contributed by atoms with van der Waals surface area (Å²) in [6.45, 7) is 3.90. The zero-order valence-corrected chi connectivity index (χ0v) is 9.25. The summed E-state index contributed by atoms with van der Waals surface area (Å²) >= 11 is 5.98. The number of benzene rings is 1. The van der Waals surface area contributed by atoms with Crippen molar-refractivity contribution in [3.05, 3.63) is 34.3 Å². The van der Waals surface area contributed by atoms with Gasteiger partial charge in [-0.3, -0.25) is 0 Å². The molecule has 0 amide bonds. The lowest BCUT2D eigenvalue weighted by Crippen LogP contribution is -2.27. The minimum absolute atomic E-state index is 0.255. The highest BCUT2D eigenvalue weighted by Crippen LogP contribution is 2.26. The highest BCUT2D eigenvalue weighted by molar-refractivity contribution is 6.31. The maximum Gasteiger partial charge on any atom is 0.0955 e. The minimum atomic E-state index is -0.674. The fraction of sp³-hybridized carbons (Fsp3) is 0.455. The molecule has 0 saturated heterocycles. The third-order valence-electron chi connectivity index (χ3n) is 2.35. The second kappa shape index (κ2) is 4.78. The third-order valence-corrected chi connectivity index (χ3v) is 2.69. The van der Waals surface area contributed by atoms with Gasteiger partial charge in [-0.1, -0.05) is 36.2 Å². The molecule has 0 radical (unpaired) electrons. The first-order valence-electron chi connectivity index (χ1n) is 4.76. The molecule has 0 saturated carbocycles. The summed E-state index contributed by atoms with van der Waals surface area (Å²) in [5.41, 5.74) is 7.56. The van der Waals surface area contributed by atoms with Crippen LogP contribution in [0.2, 0.25) is 5.02 Å². The van der Waals surface area contributed by atoms with Crippen LogP contribution in [0.15, 0.2) is 18.2 Å². The van der Waals surface area contributed by atoms with Gasteiger partial charge in [0.15, 0.2) is 0 Å². The summed E-state index contributed by atoms with van der Waals surface area (Å²) in [4.78, 5) is 0. The van der Waals surface area contributed by atoms with Gasteiger partial charge in [-0.2, -0.15) is 0 Å². The molecule has 14 heavy (non-hydrogen) atoms. The molecule has 0 aromatic heterocycles.